The van der Waals surface area contributed by atoms with Gasteiger partial charge in [-0.2, -0.15) is 15.2 Å². The molecular formula is C10H18N6. The van der Waals surface area contributed by atoms with Crippen LogP contribution in [0.4, 0.5) is 17.5 Å². The maximum Gasteiger partial charge on any atom is 0.222 e. The van der Waals surface area contributed by atoms with Gasteiger partial charge in [-0.05, 0) is 13.3 Å². The molecule has 1 rings (SSSR count). The van der Waals surface area contributed by atoms with Crippen LogP contribution in [0, 0.1) is 6.92 Å². The summed E-state index contributed by atoms with van der Waals surface area (Å²) in [5.74, 6) is 0.448. The molecule has 1 aromatic heterocycles. The Morgan fingerprint density at radius 3 is 2.56 bits per heavy atom. The second-order valence-corrected chi connectivity index (χ2v) is 3.57. The molecular weight excluding hydrogens is 204 g/mol. The third kappa shape index (κ3) is 3.45. The predicted molar refractivity (Wildman–Crippen MR) is 64.5 cm³/mol. The van der Waals surface area contributed by atoms with Crippen molar-refractivity contribution < 1.29 is 0 Å². The van der Waals surface area contributed by atoms with Crippen LogP contribution in [-0.2, 0) is 0 Å². The molecule has 6 heteroatoms. The smallest absolute Gasteiger partial charge is 0.222 e. The molecule has 0 aliphatic heterocycles. The van der Waals surface area contributed by atoms with Crippen molar-refractivity contribution in [1.29, 1.82) is 0 Å². The standard InChI is InChI=1S/C10H18N6/c1-3-4-5-6-13-16-8-7(2)14-10(12)15-9(8)11/h3-6H2,1-2H3,(H4,11,12,14,15). The van der Waals surface area contributed by atoms with Gasteiger partial charge in [0, 0.05) is 0 Å². The van der Waals surface area contributed by atoms with Crippen LogP contribution in [0.2, 0.25) is 0 Å². The Morgan fingerprint density at radius 1 is 1.19 bits per heavy atom. The maximum absolute atomic E-state index is 5.68. The fourth-order valence-corrected chi connectivity index (χ4v) is 1.29. The molecule has 0 aliphatic carbocycles. The minimum Gasteiger partial charge on any atom is -0.382 e. The Morgan fingerprint density at radius 2 is 1.94 bits per heavy atom. The summed E-state index contributed by atoms with van der Waals surface area (Å²) in [5.41, 5.74) is 12.3. The van der Waals surface area contributed by atoms with Gasteiger partial charge in [0.25, 0.3) is 0 Å². The van der Waals surface area contributed by atoms with Gasteiger partial charge >= 0.3 is 0 Å². The third-order valence-electron chi connectivity index (χ3n) is 2.13. The summed E-state index contributed by atoms with van der Waals surface area (Å²) in [6, 6.07) is 0. The first-order chi connectivity index (χ1) is 7.65. The lowest BCUT2D eigenvalue weighted by Crippen LogP contribution is -2.01. The highest BCUT2D eigenvalue weighted by Crippen LogP contribution is 2.24. The van der Waals surface area contributed by atoms with Crippen molar-refractivity contribution in [3.63, 3.8) is 0 Å². The van der Waals surface area contributed by atoms with Crippen LogP contribution in [0.25, 0.3) is 0 Å². The van der Waals surface area contributed by atoms with Gasteiger partial charge < -0.3 is 11.5 Å². The average molecular weight is 222 g/mol. The number of hydrogen-bond acceptors (Lipinski definition) is 6. The van der Waals surface area contributed by atoms with E-state index in [-0.39, 0.29) is 11.8 Å². The highest BCUT2D eigenvalue weighted by Gasteiger charge is 2.06. The first-order valence-electron chi connectivity index (χ1n) is 5.42. The Hall–Kier alpha value is -1.72. The summed E-state index contributed by atoms with van der Waals surface area (Å²) >= 11 is 0. The number of rotatable bonds is 5. The number of nitrogen functional groups attached to an aromatic ring is 2. The minimum absolute atomic E-state index is 0.167. The molecule has 0 aromatic carbocycles. The van der Waals surface area contributed by atoms with Crippen molar-refractivity contribution in [3.05, 3.63) is 5.69 Å². The Bertz CT molecular complexity index is 351. The molecule has 0 aliphatic rings. The lowest BCUT2D eigenvalue weighted by Gasteiger charge is -2.02. The lowest BCUT2D eigenvalue weighted by atomic mass is 10.3. The fraction of sp³-hybridized carbons (Fsp3) is 0.600. The molecule has 1 aromatic rings. The zero-order valence-corrected chi connectivity index (χ0v) is 9.77. The molecule has 16 heavy (non-hydrogen) atoms. The summed E-state index contributed by atoms with van der Waals surface area (Å²) in [5, 5.41) is 8.09. The van der Waals surface area contributed by atoms with Gasteiger partial charge in [-0.15, -0.1) is 0 Å². The van der Waals surface area contributed by atoms with Gasteiger partial charge in [-0.3, -0.25) is 0 Å². The molecule has 0 bridgehead atoms. The number of nitrogens with two attached hydrogens (primary N) is 2. The minimum atomic E-state index is 0.167. The molecule has 0 radical (unpaired) electrons. The quantitative estimate of drug-likeness (QED) is 0.588. The van der Waals surface area contributed by atoms with Crippen LogP contribution < -0.4 is 11.5 Å². The van der Waals surface area contributed by atoms with Crippen molar-refractivity contribution in [1.82, 2.24) is 9.97 Å². The van der Waals surface area contributed by atoms with E-state index in [2.05, 4.69) is 27.1 Å². The van der Waals surface area contributed by atoms with Crippen molar-refractivity contribution in [2.24, 2.45) is 10.2 Å². The second kappa shape index (κ2) is 5.99. The van der Waals surface area contributed by atoms with E-state index in [1.807, 2.05) is 0 Å². The van der Waals surface area contributed by atoms with Gasteiger partial charge in [0.15, 0.2) is 5.82 Å². The molecule has 0 amide bonds. The van der Waals surface area contributed by atoms with Gasteiger partial charge in [0.1, 0.15) is 5.69 Å². The molecule has 6 nitrogen and oxygen atoms in total. The highest BCUT2D eigenvalue weighted by molar-refractivity contribution is 5.61. The SMILES string of the molecule is CCCCCN=Nc1c(C)nc(N)nc1N. The van der Waals surface area contributed by atoms with Crippen molar-refractivity contribution in [3.8, 4) is 0 Å². The van der Waals surface area contributed by atoms with Crippen LogP contribution in [0.15, 0.2) is 10.2 Å². The predicted octanol–water partition coefficient (Wildman–Crippen LogP) is 2.22. The maximum atomic E-state index is 5.68. The topological polar surface area (TPSA) is 103 Å². The number of anilines is 2. The van der Waals surface area contributed by atoms with Crippen LogP contribution in [0.1, 0.15) is 31.9 Å². The number of aryl methyl sites for hydroxylation is 1. The fourth-order valence-electron chi connectivity index (χ4n) is 1.29. The highest BCUT2D eigenvalue weighted by atomic mass is 15.1. The number of hydrogen-bond donors (Lipinski definition) is 2. The van der Waals surface area contributed by atoms with Crippen LogP contribution in [0.5, 0.6) is 0 Å². The van der Waals surface area contributed by atoms with Crippen LogP contribution in [0.3, 0.4) is 0 Å². The largest absolute Gasteiger partial charge is 0.382 e. The summed E-state index contributed by atoms with van der Waals surface area (Å²) in [6.07, 6.45) is 3.36. The summed E-state index contributed by atoms with van der Waals surface area (Å²) in [6.45, 7) is 4.64. The van der Waals surface area contributed by atoms with E-state index in [0.29, 0.717) is 17.9 Å². The summed E-state index contributed by atoms with van der Waals surface area (Å²) in [4.78, 5) is 7.82. The molecule has 0 fully saturated rings. The van der Waals surface area contributed by atoms with Crippen molar-refractivity contribution in [2.75, 3.05) is 18.0 Å². The molecule has 88 valence electrons. The van der Waals surface area contributed by atoms with E-state index in [1.54, 1.807) is 6.92 Å². The van der Waals surface area contributed by atoms with E-state index in [1.165, 1.54) is 6.42 Å². The zero-order valence-electron chi connectivity index (χ0n) is 9.77. The van der Waals surface area contributed by atoms with Crippen molar-refractivity contribution in [2.45, 2.75) is 33.1 Å². The third-order valence-corrected chi connectivity index (χ3v) is 2.13. The Labute approximate surface area is 95.2 Å². The lowest BCUT2D eigenvalue weighted by molar-refractivity contribution is 0.713. The molecule has 0 unspecified atom stereocenters. The van der Waals surface area contributed by atoms with E-state index < -0.39 is 0 Å². The van der Waals surface area contributed by atoms with Gasteiger partial charge in [0.2, 0.25) is 5.95 Å². The molecule has 0 atom stereocenters. The number of unbranched alkanes of at least 4 members (excludes halogenated alkanes) is 2. The molecule has 0 saturated carbocycles. The Balaban J connectivity index is 2.66. The number of azo groups is 1. The van der Waals surface area contributed by atoms with Gasteiger partial charge in [0.05, 0.1) is 12.2 Å². The molecule has 1 heterocycles. The van der Waals surface area contributed by atoms with E-state index >= 15 is 0 Å². The molecule has 0 spiro atoms. The van der Waals surface area contributed by atoms with Crippen molar-refractivity contribution >= 4 is 17.5 Å². The first-order valence-corrected chi connectivity index (χ1v) is 5.42. The van der Waals surface area contributed by atoms with Gasteiger partial charge in [-0.25, -0.2) is 4.98 Å². The van der Waals surface area contributed by atoms with Crippen LogP contribution in [-0.4, -0.2) is 16.5 Å². The molecule has 4 N–H and O–H groups in total. The van der Waals surface area contributed by atoms with E-state index in [0.717, 1.165) is 12.8 Å². The van der Waals surface area contributed by atoms with E-state index in [9.17, 15) is 0 Å². The zero-order chi connectivity index (χ0) is 12.0. The van der Waals surface area contributed by atoms with Crippen LogP contribution >= 0.6 is 0 Å². The summed E-state index contributed by atoms with van der Waals surface area (Å²) < 4.78 is 0. The van der Waals surface area contributed by atoms with Gasteiger partial charge in [-0.1, -0.05) is 19.8 Å². The van der Waals surface area contributed by atoms with E-state index in [4.69, 9.17) is 11.5 Å². The molecule has 0 saturated heterocycles. The Kier molecular flexibility index (Phi) is 4.63. The number of nitrogens with zero attached hydrogens (tertiary/aromatic N) is 4. The normalized spacial score (nSPS) is 11.1. The second-order valence-electron chi connectivity index (χ2n) is 3.57. The first kappa shape index (κ1) is 12.4. The monoisotopic (exact) mass is 222 g/mol. The summed E-state index contributed by atoms with van der Waals surface area (Å²) in [7, 11) is 0. The number of aromatic nitrogens is 2. The average Bonchev–Trinajstić information content (AvgIpc) is 2.20.